The van der Waals surface area contributed by atoms with Gasteiger partial charge in [-0.3, -0.25) is 0 Å². The number of nitrogens with zero attached hydrogens (tertiary/aromatic N) is 8. The van der Waals surface area contributed by atoms with Gasteiger partial charge in [0.25, 0.3) is 0 Å². The SMILES string of the molecule is CN(c1ccc2nnc(-c3ccccc3F)n2n1)C1CCCN(c2cccnn2)C1. The van der Waals surface area contributed by atoms with Gasteiger partial charge in [0, 0.05) is 32.4 Å². The average Bonchev–Trinajstić information content (AvgIpc) is 3.22. The van der Waals surface area contributed by atoms with E-state index in [4.69, 9.17) is 5.10 Å². The van der Waals surface area contributed by atoms with Crippen LogP contribution in [-0.2, 0) is 0 Å². The average molecular weight is 404 g/mol. The summed E-state index contributed by atoms with van der Waals surface area (Å²) in [7, 11) is 2.03. The Balaban J connectivity index is 1.44. The molecule has 1 aliphatic rings. The summed E-state index contributed by atoms with van der Waals surface area (Å²) in [6.45, 7) is 1.79. The predicted octanol–water partition coefficient (Wildman–Crippen LogP) is 2.83. The van der Waals surface area contributed by atoms with Gasteiger partial charge >= 0.3 is 0 Å². The highest BCUT2D eigenvalue weighted by atomic mass is 19.1. The number of fused-ring (bicyclic) bond motifs is 1. The van der Waals surface area contributed by atoms with Crippen LogP contribution in [0.4, 0.5) is 16.0 Å². The highest BCUT2D eigenvalue weighted by Gasteiger charge is 2.25. The second-order valence-electron chi connectivity index (χ2n) is 7.40. The Hall–Kier alpha value is -3.62. The van der Waals surface area contributed by atoms with Crippen LogP contribution in [0, 0.1) is 5.82 Å². The molecule has 152 valence electrons. The van der Waals surface area contributed by atoms with Crippen molar-refractivity contribution in [2.75, 3.05) is 29.9 Å². The third-order valence-electron chi connectivity index (χ3n) is 5.55. The zero-order valence-corrected chi connectivity index (χ0v) is 16.6. The highest BCUT2D eigenvalue weighted by Crippen LogP contribution is 2.25. The van der Waals surface area contributed by atoms with Gasteiger partial charge in [-0.2, -0.15) is 9.61 Å². The van der Waals surface area contributed by atoms with Crippen LogP contribution in [0.1, 0.15) is 12.8 Å². The maximum Gasteiger partial charge on any atom is 0.188 e. The highest BCUT2D eigenvalue weighted by molar-refractivity contribution is 5.60. The quantitative estimate of drug-likeness (QED) is 0.518. The molecule has 0 saturated carbocycles. The van der Waals surface area contributed by atoms with Crippen LogP contribution < -0.4 is 9.80 Å². The first-order valence-electron chi connectivity index (χ1n) is 9.93. The van der Waals surface area contributed by atoms with Crippen LogP contribution in [0.25, 0.3) is 17.0 Å². The molecule has 1 unspecified atom stereocenters. The molecule has 0 spiro atoms. The molecule has 4 heterocycles. The minimum Gasteiger partial charge on any atom is -0.353 e. The van der Waals surface area contributed by atoms with E-state index in [-0.39, 0.29) is 11.9 Å². The fourth-order valence-corrected chi connectivity index (χ4v) is 3.91. The van der Waals surface area contributed by atoms with E-state index in [0.29, 0.717) is 17.0 Å². The van der Waals surface area contributed by atoms with E-state index < -0.39 is 0 Å². The number of halogens is 1. The lowest BCUT2D eigenvalue weighted by molar-refractivity contribution is 0.481. The van der Waals surface area contributed by atoms with Gasteiger partial charge in [-0.25, -0.2) is 4.39 Å². The van der Waals surface area contributed by atoms with E-state index in [0.717, 1.165) is 37.6 Å². The van der Waals surface area contributed by atoms with E-state index >= 15 is 0 Å². The largest absolute Gasteiger partial charge is 0.353 e. The van der Waals surface area contributed by atoms with Crippen LogP contribution in [-0.4, -0.2) is 56.2 Å². The van der Waals surface area contributed by atoms with Gasteiger partial charge in [0.2, 0.25) is 0 Å². The second-order valence-corrected chi connectivity index (χ2v) is 7.40. The minimum absolute atomic E-state index is 0.263. The minimum atomic E-state index is -0.348. The van der Waals surface area contributed by atoms with E-state index in [1.165, 1.54) is 6.07 Å². The molecule has 30 heavy (non-hydrogen) atoms. The van der Waals surface area contributed by atoms with E-state index in [9.17, 15) is 4.39 Å². The summed E-state index contributed by atoms with van der Waals surface area (Å²) in [5.41, 5.74) is 0.957. The number of likely N-dealkylation sites (N-methyl/N-ethyl adjacent to an activating group) is 1. The van der Waals surface area contributed by atoms with E-state index in [1.54, 1.807) is 28.9 Å². The zero-order valence-electron chi connectivity index (χ0n) is 16.6. The predicted molar refractivity (Wildman–Crippen MR) is 112 cm³/mol. The van der Waals surface area contributed by atoms with Crippen LogP contribution in [0.3, 0.4) is 0 Å². The summed E-state index contributed by atoms with van der Waals surface area (Å²) in [5.74, 6) is 1.72. The smallest absolute Gasteiger partial charge is 0.188 e. The Labute approximate surface area is 173 Å². The summed E-state index contributed by atoms with van der Waals surface area (Å²) in [6.07, 6.45) is 3.79. The molecule has 0 bridgehead atoms. The second kappa shape index (κ2) is 7.66. The Morgan fingerprint density at radius 2 is 1.93 bits per heavy atom. The molecule has 5 rings (SSSR count). The molecule has 8 nitrogen and oxygen atoms in total. The third-order valence-corrected chi connectivity index (χ3v) is 5.55. The molecule has 1 aliphatic heterocycles. The van der Waals surface area contributed by atoms with Gasteiger partial charge in [-0.15, -0.1) is 20.4 Å². The van der Waals surface area contributed by atoms with Crippen molar-refractivity contribution in [1.29, 1.82) is 0 Å². The molecule has 9 heteroatoms. The van der Waals surface area contributed by atoms with Gasteiger partial charge in [0.15, 0.2) is 17.3 Å². The number of benzene rings is 1. The number of aromatic nitrogens is 6. The maximum absolute atomic E-state index is 14.3. The van der Waals surface area contributed by atoms with Crippen LogP contribution >= 0.6 is 0 Å². The molecule has 0 radical (unpaired) electrons. The third kappa shape index (κ3) is 3.32. The number of piperidine rings is 1. The summed E-state index contributed by atoms with van der Waals surface area (Å²) >= 11 is 0. The zero-order chi connectivity index (χ0) is 20.5. The summed E-state index contributed by atoms with van der Waals surface area (Å²) in [6, 6.07) is 14.5. The van der Waals surface area contributed by atoms with Crippen molar-refractivity contribution < 1.29 is 4.39 Å². The van der Waals surface area contributed by atoms with Crippen molar-refractivity contribution >= 4 is 17.3 Å². The normalized spacial score (nSPS) is 16.7. The van der Waals surface area contributed by atoms with Gasteiger partial charge in [-0.05, 0) is 49.2 Å². The standard InChI is InChI=1S/C21H21FN8/c1-28(15-6-5-13-29(14-15)18-9-4-12-23-24-18)20-11-10-19-25-26-21(30(19)27-20)16-7-2-3-8-17(16)22/h2-4,7-12,15H,5-6,13-14H2,1H3. The lowest BCUT2D eigenvalue weighted by Crippen LogP contribution is -2.47. The monoisotopic (exact) mass is 404 g/mol. The first kappa shape index (κ1) is 18.4. The van der Waals surface area contributed by atoms with Crippen molar-refractivity contribution in [2.45, 2.75) is 18.9 Å². The fraction of sp³-hybridized carbons (Fsp3) is 0.286. The van der Waals surface area contributed by atoms with E-state index in [1.807, 2.05) is 31.3 Å². The van der Waals surface area contributed by atoms with Crippen molar-refractivity contribution in [3.8, 4) is 11.4 Å². The fourth-order valence-electron chi connectivity index (χ4n) is 3.91. The maximum atomic E-state index is 14.3. The summed E-state index contributed by atoms with van der Waals surface area (Å²) in [4.78, 5) is 4.41. The molecule has 0 aliphatic carbocycles. The van der Waals surface area contributed by atoms with Crippen LogP contribution in [0.5, 0.6) is 0 Å². The van der Waals surface area contributed by atoms with Gasteiger partial charge in [-0.1, -0.05) is 12.1 Å². The topological polar surface area (TPSA) is 75.3 Å². The molecule has 1 saturated heterocycles. The van der Waals surface area contributed by atoms with Crippen molar-refractivity contribution in [2.24, 2.45) is 0 Å². The van der Waals surface area contributed by atoms with Crippen LogP contribution in [0.2, 0.25) is 0 Å². The lowest BCUT2D eigenvalue weighted by Gasteiger charge is -2.38. The Morgan fingerprint density at radius 3 is 2.77 bits per heavy atom. The molecule has 1 atom stereocenters. The molecule has 1 fully saturated rings. The molecule has 3 aromatic heterocycles. The number of hydrogen-bond donors (Lipinski definition) is 0. The first-order chi connectivity index (χ1) is 14.7. The molecular formula is C21H21FN8. The number of hydrogen-bond acceptors (Lipinski definition) is 7. The summed E-state index contributed by atoms with van der Waals surface area (Å²) in [5, 5.41) is 21.3. The van der Waals surface area contributed by atoms with Crippen molar-refractivity contribution in [3.63, 3.8) is 0 Å². The van der Waals surface area contributed by atoms with Crippen molar-refractivity contribution in [3.05, 3.63) is 60.5 Å². The first-order valence-corrected chi connectivity index (χ1v) is 9.93. The molecule has 4 aromatic rings. The van der Waals surface area contributed by atoms with Gasteiger partial charge < -0.3 is 9.80 Å². The van der Waals surface area contributed by atoms with Crippen molar-refractivity contribution in [1.82, 2.24) is 30.0 Å². The van der Waals surface area contributed by atoms with Crippen LogP contribution in [0.15, 0.2) is 54.7 Å². The Bertz CT molecular complexity index is 1160. The molecule has 0 N–H and O–H groups in total. The summed E-state index contributed by atoms with van der Waals surface area (Å²) < 4.78 is 15.9. The van der Waals surface area contributed by atoms with Gasteiger partial charge in [0.05, 0.1) is 5.56 Å². The molecule has 1 aromatic carbocycles. The lowest BCUT2D eigenvalue weighted by atomic mass is 10.0. The molecule has 0 amide bonds. The number of anilines is 2. The number of rotatable bonds is 4. The van der Waals surface area contributed by atoms with Gasteiger partial charge in [0.1, 0.15) is 11.6 Å². The van der Waals surface area contributed by atoms with E-state index in [2.05, 4.69) is 30.2 Å². The molecular weight excluding hydrogens is 383 g/mol. The Kier molecular flexibility index (Phi) is 4.70. The Morgan fingerprint density at radius 1 is 1.03 bits per heavy atom.